The van der Waals surface area contributed by atoms with Crippen LogP contribution in [-0.4, -0.2) is 16.2 Å². The van der Waals surface area contributed by atoms with Crippen LogP contribution in [0, 0.1) is 6.92 Å². The molecule has 0 unspecified atom stereocenters. The van der Waals surface area contributed by atoms with Gasteiger partial charge in [0.25, 0.3) is 0 Å². The van der Waals surface area contributed by atoms with Gasteiger partial charge < -0.3 is 10.2 Å². The number of rotatable bonds is 3. The summed E-state index contributed by atoms with van der Waals surface area (Å²) in [5, 5.41) is 5.76. The molecule has 0 spiro atoms. The molecule has 0 radical (unpaired) electrons. The first-order valence-corrected chi connectivity index (χ1v) is 6.34. The van der Waals surface area contributed by atoms with Crippen molar-refractivity contribution < 1.29 is 4.42 Å². The van der Waals surface area contributed by atoms with Gasteiger partial charge in [-0.05, 0) is 38.4 Å². The van der Waals surface area contributed by atoms with Gasteiger partial charge in [-0.15, -0.1) is 0 Å². The second kappa shape index (κ2) is 4.14. The topological polar surface area (TPSA) is 56.5 Å². The molecule has 0 fully saturated rings. The number of nitrogens with two attached hydrogens (primary N) is 1. The number of fused-ring (bicyclic) bond motifs is 3. The highest BCUT2D eigenvalue weighted by atomic mass is 16.3. The minimum Gasteiger partial charge on any atom is -0.461 e. The minimum absolute atomic E-state index is 0.640. The fraction of sp³-hybridized carbons (Fsp3) is 0.357. The van der Waals surface area contributed by atoms with Crippen LogP contribution in [0.4, 0.5) is 0 Å². The Bertz CT molecular complexity index is 709. The second-order valence-corrected chi connectivity index (χ2v) is 4.56. The number of pyridine rings is 1. The molecule has 3 aromatic rings. The smallest absolute Gasteiger partial charge is 0.137 e. The van der Waals surface area contributed by atoms with Gasteiger partial charge in [-0.2, -0.15) is 5.10 Å². The third-order valence-electron chi connectivity index (χ3n) is 3.33. The average molecular weight is 243 g/mol. The molecule has 0 aromatic carbocycles. The maximum absolute atomic E-state index is 5.72. The lowest BCUT2D eigenvalue weighted by Crippen LogP contribution is -2.04. The van der Waals surface area contributed by atoms with Crippen LogP contribution in [0.1, 0.15) is 23.9 Å². The molecule has 0 amide bonds. The van der Waals surface area contributed by atoms with E-state index in [-0.39, 0.29) is 0 Å². The van der Waals surface area contributed by atoms with Gasteiger partial charge in [-0.3, -0.25) is 0 Å². The van der Waals surface area contributed by atoms with Crippen molar-refractivity contribution in [2.45, 2.75) is 26.7 Å². The summed E-state index contributed by atoms with van der Waals surface area (Å²) in [5.41, 5.74) is 10.2. The summed E-state index contributed by atoms with van der Waals surface area (Å²) in [7, 11) is 0. The van der Waals surface area contributed by atoms with Gasteiger partial charge >= 0.3 is 0 Å². The van der Waals surface area contributed by atoms with E-state index < -0.39 is 0 Å². The number of hydrogen-bond donors (Lipinski definition) is 1. The van der Waals surface area contributed by atoms with Crippen molar-refractivity contribution in [1.82, 2.24) is 9.61 Å². The molecule has 3 aromatic heterocycles. The standard InChI is InChI=1S/C14H17N3O/c1-3-12-10(4-6-15)14-11-8-9(2)18-13(11)5-7-17(14)16-12/h5,7-8H,3-4,6,15H2,1-2H3. The summed E-state index contributed by atoms with van der Waals surface area (Å²) < 4.78 is 7.63. The molecule has 0 saturated heterocycles. The Kier molecular flexibility index (Phi) is 2.59. The molecule has 0 aliphatic carbocycles. The van der Waals surface area contributed by atoms with Gasteiger partial charge in [-0.1, -0.05) is 6.92 Å². The summed E-state index contributed by atoms with van der Waals surface area (Å²) in [6.45, 7) is 4.73. The zero-order valence-electron chi connectivity index (χ0n) is 10.7. The molecule has 0 aliphatic rings. The Morgan fingerprint density at radius 3 is 3.00 bits per heavy atom. The van der Waals surface area contributed by atoms with E-state index in [2.05, 4.69) is 18.1 Å². The normalized spacial score (nSPS) is 11.7. The lowest BCUT2D eigenvalue weighted by Gasteiger charge is -1.99. The summed E-state index contributed by atoms with van der Waals surface area (Å²) in [6, 6.07) is 4.04. The summed E-state index contributed by atoms with van der Waals surface area (Å²) in [6.07, 6.45) is 3.74. The highest BCUT2D eigenvalue weighted by Crippen LogP contribution is 2.28. The number of nitrogens with zero attached hydrogens (tertiary/aromatic N) is 2. The molecule has 3 heterocycles. The number of aryl methyl sites for hydroxylation is 2. The van der Waals surface area contributed by atoms with Gasteiger partial charge in [-0.25, -0.2) is 4.52 Å². The van der Waals surface area contributed by atoms with Gasteiger partial charge in [0.1, 0.15) is 11.3 Å². The molecular formula is C14H17N3O. The van der Waals surface area contributed by atoms with Crippen LogP contribution in [0.15, 0.2) is 22.7 Å². The molecule has 0 aliphatic heterocycles. The van der Waals surface area contributed by atoms with Crippen molar-refractivity contribution in [2.75, 3.05) is 6.54 Å². The van der Waals surface area contributed by atoms with Gasteiger partial charge in [0, 0.05) is 17.1 Å². The van der Waals surface area contributed by atoms with Crippen LogP contribution in [0.25, 0.3) is 16.5 Å². The molecule has 0 bridgehead atoms. The Morgan fingerprint density at radius 2 is 2.28 bits per heavy atom. The lowest BCUT2D eigenvalue weighted by atomic mass is 10.1. The van der Waals surface area contributed by atoms with Gasteiger partial charge in [0.05, 0.1) is 11.2 Å². The number of aromatic nitrogens is 2. The molecule has 0 saturated carbocycles. The zero-order valence-corrected chi connectivity index (χ0v) is 10.7. The average Bonchev–Trinajstić information content (AvgIpc) is 2.89. The predicted octanol–water partition coefficient (Wildman–Crippen LogP) is 2.45. The highest BCUT2D eigenvalue weighted by Gasteiger charge is 2.15. The highest BCUT2D eigenvalue weighted by molar-refractivity contribution is 5.95. The number of furan rings is 1. The summed E-state index contributed by atoms with van der Waals surface area (Å²) >= 11 is 0. The Balaban J connectivity index is 2.42. The van der Waals surface area contributed by atoms with Crippen molar-refractivity contribution in [3.05, 3.63) is 35.3 Å². The molecule has 4 heteroatoms. The number of hydrogen-bond acceptors (Lipinski definition) is 3. The molecule has 3 rings (SSSR count). The second-order valence-electron chi connectivity index (χ2n) is 4.56. The van der Waals surface area contributed by atoms with Crippen molar-refractivity contribution in [1.29, 1.82) is 0 Å². The molecule has 0 atom stereocenters. The van der Waals surface area contributed by atoms with Crippen LogP contribution >= 0.6 is 0 Å². The van der Waals surface area contributed by atoms with E-state index >= 15 is 0 Å². The van der Waals surface area contributed by atoms with Crippen molar-refractivity contribution in [3.63, 3.8) is 0 Å². The van der Waals surface area contributed by atoms with E-state index in [4.69, 9.17) is 10.2 Å². The molecule has 4 nitrogen and oxygen atoms in total. The van der Waals surface area contributed by atoms with Crippen LogP contribution < -0.4 is 5.73 Å². The van der Waals surface area contributed by atoms with Crippen LogP contribution in [-0.2, 0) is 12.8 Å². The maximum Gasteiger partial charge on any atom is 0.137 e. The fourth-order valence-electron chi connectivity index (χ4n) is 2.58. The fourth-order valence-corrected chi connectivity index (χ4v) is 2.58. The summed E-state index contributed by atoms with van der Waals surface area (Å²) in [5.74, 6) is 0.927. The Labute approximate surface area is 105 Å². The van der Waals surface area contributed by atoms with Crippen molar-refractivity contribution in [2.24, 2.45) is 5.73 Å². The van der Waals surface area contributed by atoms with E-state index in [1.807, 2.05) is 23.7 Å². The van der Waals surface area contributed by atoms with E-state index in [1.54, 1.807) is 0 Å². The van der Waals surface area contributed by atoms with Crippen LogP contribution in [0.5, 0.6) is 0 Å². The van der Waals surface area contributed by atoms with E-state index in [0.29, 0.717) is 6.54 Å². The Morgan fingerprint density at radius 1 is 1.44 bits per heavy atom. The predicted molar refractivity (Wildman–Crippen MR) is 71.8 cm³/mol. The molecule has 18 heavy (non-hydrogen) atoms. The largest absolute Gasteiger partial charge is 0.461 e. The quantitative estimate of drug-likeness (QED) is 0.768. The third-order valence-corrected chi connectivity index (χ3v) is 3.33. The van der Waals surface area contributed by atoms with Crippen LogP contribution in [0.2, 0.25) is 0 Å². The summed E-state index contributed by atoms with van der Waals surface area (Å²) in [4.78, 5) is 0. The minimum atomic E-state index is 0.640. The Hall–Kier alpha value is -1.81. The third kappa shape index (κ3) is 1.53. The molecule has 94 valence electrons. The first-order valence-electron chi connectivity index (χ1n) is 6.34. The first kappa shape index (κ1) is 11.3. The first-order chi connectivity index (χ1) is 8.74. The van der Waals surface area contributed by atoms with Crippen molar-refractivity contribution >= 4 is 16.5 Å². The van der Waals surface area contributed by atoms with E-state index in [0.717, 1.165) is 40.8 Å². The van der Waals surface area contributed by atoms with Crippen molar-refractivity contribution in [3.8, 4) is 0 Å². The molecule has 2 N–H and O–H groups in total. The van der Waals surface area contributed by atoms with Gasteiger partial charge in [0.15, 0.2) is 0 Å². The van der Waals surface area contributed by atoms with Crippen LogP contribution in [0.3, 0.4) is 0 Å². The lowest BCUT2D eigenvalue weighted by molar-refractivity contribution is 0.578. The van der Waals surface area contributed by atoms with E-state index in [1.165, 1.54) is 5.56 Å². The van der Waals surface area contributed by atoms with E-state index in [9.17, 15) is 0 Å². The van der Waals surface area contributed by atoms with Gasteiger partial charge in [0.2, 0.25) is 0 Å². The SMILES string of the molecule is CCc1nn2ccc3oc(C)cc3c2c1CCN. The zero-order chi connectivity index (χ0) is 12.7. The monoisotopic (exact) mass is 243 g/mol. The maximum atomic E-state index is 5.72. The molecular weight excluding hydrogens is 226 g/mol.